The van der Waals surface area contributed by atoms with Crippen LogP contribution in [-0.4, -0.2) is 25.3 Å². The second-order valence-corrected chi connectivity index (χ2v) is 3.10. The zero-order chi connectivity index (χ0) is 19.3. The highest BCUT2D eigenvalue weighted by Crippen LogP contribution is 2.16. The molecule has 1 N–H and O–H groups in total. The van der Waals surface area contributed by atoms with Crippen molar-refractivity contribution < 1.29 is 26.6 Å². The predicted octanol–water partition coefficient (Wildman–Crippen LogP) is 1.79. The van der Waals surface area contributed by atoms with E-state index in [0.29, 0.717) is 0 Å². The van der Waals surface area contributed by atoms with Gasteiger partial charge in [0.25, 0.3) is 0 Å². The molecule has 1 fully saturated rings. The summed E-state index contributed by atoms with van der Waals surface area (Å²) in [7, 11) is 0. The summed E-state index contributed by atoms with van der Waals surface area (Å²) in [5.74, 6) is -0.190. The van der Waals surface area contributed by atoms with E-state index in [2.05, 4.69) is 4.74 Å². The number of aryl methyl sites for hydroxylation is 2. The number of nitrogens with one attached hydrogen (secondary N) is 1. The molecule has 1 atom stereocenters. The van der Waals surface area contributed by atoms with Crippen molar-refractivity contribution in [3.8, 4) is 5.75 Å². The number of hydrogen-bond acceptors (Lipinski definition) is 3. The molecule has 0 bridgehead atoms. The summed E-state index contributed by atoms with van der Waals surface area (Å²) in [5.41, 5.74) is -0.556. The molecule has 0 saturated carbocycles. The molecule has 0 radical (unpaired) electrons. The number of carbonyl (C=O) groups is 1. The second kappa shape index (κ2) is 4.43. The maximum absolute atomic E-state index is 11.2. The van der Waals surface area contributed by atoms with E-state index in [1.807, 2.05) is 5.32 Å². The van der Waals surface area contributed by atoms with E-state index in [-0.39, 0.29) is 16.9 Å². The number of alkyl carbamates (subject to hydrolysis) is 1. The molecule has 1 heterocycles. The number of carbonyl (C=O) groups excluding carboxylic acids is 1. The Balaban J connectivity index is 2.32. The van der Waals surface area contributed by atoms with E-state index in [4.69, 9.17) is 17.1 Å². The SMILES string of the molecule is [2H]C([2H])([2H])c1cc(OCC2([2H])OC(=O)NC2([2H])[2H])cc(C([2H])([2H])[2H])c1. The fourth-order valence-electron chi connectivity index (χ4n) is 1.18. The Hall–Kier alpha value is -1.71. The van der Waals surface area contributed by atoms with Gasteiger partial charge in [-0.05, 0) is 37.0 Å². The molecule has 4 heteroatoms. The first kappa shape index (κ1) is 4.28. The fraction of sp³-hybridized carbons (Fsp3) is 0.417. The zero-order valence-corrected chi connectivity index (χ0v) is 8.16. The monoisotopic (exact) mass is 230 g/mol. The molecule has 86 valence electrons. The molecule has 1 aliphatic heterocycles. The second-order valence-electron chi connectivity index (χ2n) is 3.10. The van der Waals surface area contributed by atoms with E-state index in [1.54, 1.807) is 0 Å². The lowest BCUT2D eigenvalue weighted by atomic mass is 10.1. The number of benzene rings is 1. The summed E-state index contributed by atoms with van der Waals surface area (Å²) in [4.78, 5) is 11.2. The fourth-order valence-corrected chi connectivity index (χ4v) is 1.18. The van der Waals surface area contributed by atoms with Crippen LogP contribution in [0.1, 0.15) is 23.5 Å². The number of hydrogen-bond donors (Lipinski definition) is 1. The van der Waals surface area contributed by atoms with Gasteiger partial charge in [-0.1, -0.05) is 6.07 Å². The first-order valence-electron chi connectivity index (χ1n) is 8.94. The number of rotatable bonds is 3. The van der Waals surface area contributed by atoms with Crippen LogP contribution in [0.25, 0.3) is 0 Å². The highest BCUT2D eigenvalue weighted by atomic mass is 16.6. The van der Waals surface area contributed by atoms with Crippen LogP contribution in [0.15, 0.2) is 18.2 Å². The number of amides is 1. The van der Waals surface area contributed by atoms with Crippen molar-refractivity contribution in [1.29, 1.82) is 0 Å². The first-order chi connectivity index (χ1) is 11.1. The molecule has 16 heavy (non-hydrogen) atoms. The average Bonchev–Trinajstić information content (AvgIpc) is 2.62. The van der Waals surface area contributed by atoms with Gasteiger partial charge in [0.1, 0.15) is 12.4 Å². The van der Waals surface area contributed by atoms with Gasteiger partial charge in [0.05, 0.1) is 10.6 Å². The van der Waals surface area contributed by atoms with Crippen LogP contribution < -0.4 is 10.1 Å². The Morgan fingerprint density at radius 3 is 2.94 bits per heavy atom. The van der Waals surface area contributed by atoms with E-state index in [0.717, 1.165) is 18.2 Å². The largest absolute Gasteiger partial charge is 0.490 e. The third-order valence-electron chi connectivity index (χ3n) is 1.80. The zero-order valence-electron chi connectivity index (χ0n) is 17.2. The lowest BCUT2D eigenvalue weighted by Crippen LogP contribution is -2.21. The van der Waals surface area contributed by atoms with Crippen molar-refractivity contribution in [2.75, 3.05) is 13.1 Å². The van der Waals surface area contributed by atoms with Crippen molar-refractivity contribution >= 4 is 6.09 Å². The minimum Gasteiger partial charge on any atom is -0.490 e. The van der Waals surface area contributed by atoms with Gasteiger partial charge in [-0.25, -0.2) is 4.79 Å². The van der Waals surface area contributed by atoms with Gasteiger partial charge in [0.2, 0.25) is 0 Å². The lowest BCUT2D eigenvalue weighted by molar-refractivity contribution is 0.105. The highest BCUT2D eigenvalue weighted by molar-refractivity contribution is 5.69. The molecule has 1 unspecified atom stereocenters. The van der Waals surface area contributed by atoms with Crippen molar-refractivity contribution in [2.24, 2.45) is 0 Å². The normalized spacial score (nSPS) is 36.8. The molecule has 1 aromatic carbocycles. The molecular weight excluding hydrogens is 206 g/mol. The molecule has 1 saturated heterocycles. The Labute approximate surface area is 107 Å². The van der Waals surface area contributed by atoms with Crippen LogP contribution in [0.4, 0.5) is 4.79 Å². The summed E-state index contributed by atoms with van der Waals surface area (Å²) in [6.07, 6.45) is -3.55. The summed E-state index contributed by atoms with van der Waals surface area (Å²) in [6, 6.07) is 3.16. The molecular formula is C12H15NO3. The Morgan fingerprint density at radius 2 is 2.38 bits per heavy atom. The molecule has 0 aromatic heterocycles. The molecule has 0 aliphatic carbocycles. The van der Waals surface area contributed by atoms with Gasteiger partial charge < -0.3 is 14.8 Å². The first-order valence-corrected chi connectivity index (χ1v) is 4.44. The van der Waals surface area contributed by atoms with Crippen LogP contribution in [0.5, 0.6) is 5.75 Å². The standard InChI is InChI=1S/C12H15NO3/c1-8-3-9(2)5-10(4-8)15-7-11-6-13-12(14)16-11/h3-5,11H,6-7H2,1-2H3,(H,13,14)/i1D3,2D3,6D2,11D. The molecule has 2 rings (SSSR count). The van der Waals surface area contributed by atoms with Crippen molar-refractivity contribution in [3.63, 3.8) is 0 Å². The van der Waals surface area contributed by atoms with Gasteiger partial charge in [0, 0.05) is 8.22 Å². The molecule has 1 aliphatic rings. The van der Waals surface area contributed by atoms with E-state index in [1.165, 1.54) is 0 Å². The Bertz CT molecular complexity index is 653. The minimum absolute atomic E-state index is 0.190. The Morgan fingerprint density at radius 1 is 1.62 bits per heavy atom. The lowest BCUT2D eigenvalue weighted by Gasteiger charge is -2.11. The third-order valence-corrected chi connectivity index (χ3v) is 1.80. The topological polar surface area (TPSA) is 47.6 Å². The van der Waals surface area contributed by atoms with Crippen LogP contribution in [0.2, 0.25) is 0 Å². The summed E-state index contributed by atoms with van der Waals surface area (Å²) in [5, 5.41) is 1.82. The van der Waals surface area contributed by atoms with E-state index >= 15 is 0 Å². The van der Waals surface area contributed by atoms with Crippen molar-refractivity contribution in [2.45, 2.75) is 19.8 Å². The summed E-state index contributed by atoms with van der Waals surface area (Å²) < 4.78 is 77.3. The molecule has 1 aromatic rings. The van der Waals surface area contributed by atoms with Gasteiger partial charge in [-0.15, -0.1) is 0 Å². The summed E-state index contributed by atoms with van der Waals surface area (Å²) >= 11 is 0. The predicted molar refractivity (Wildman–Crippen MR) is 59.7 cm³/mol. The smallest absolute Gasteiger partial charge is 0.407 e. The van der Waals surface area contributed by atoms with Gasteiger partial charge >= 0.3 is 6.09 Å². The highest BCUT2D eigenvalue weighted by Gasteiger charge is 2.22. The van der Waals surface area contributed by atoms with E-state index in [9.17, 15) is 4.79 Å². The quantitative estimate of drug-likeness (QED) is 0.861. The van der Waals surface area contributed by atoms with Crippen LogP contribution in [0.3, 0.4) is 0 Å². The molecule has 0 spiro atoms. The van der Waals surface area contributed by atoms with Crippen LogP contribution in [-0.2, 0) is 4.74 Å². The number of ether oxygens (including phenoxy) is 2. The molecule has 1 amide bonds. The maximum atomic E-state index is 11.2. The van der Waals surface area contributed by atoms with Gasteiger partial charge in [0.15, 0.2) is 6.08 Å². The minimum atomic E-state index is -2.59. The molecule has 4 nitrogen and oxygen atoms in total. The Kier molecular flexibility index (Phi) is 1.18. The maximum Gasteiger partial charge on any atom is 0.407 e. The van der Waals surface area contributed by atoms with E-state index < -0.39 is 39.0 Å². The number of cyclic esters (lactones) is 1. The average molecular weight is 230 g/mol. The third kappa shape index (κ3) is 2.66. The summed E-state index contributed by atoms with van der Waals surface area (Å²) in [6.45, 7) is -8.50. The van der Waals surface area contributed by atoms with Crippen molar-refractivity contribution in [3.05, 3.63) is 29.3 Å². The van der Waals surface area contributed by atoms with Gasteiger partial charge in [-0.2, -0.15) is 0 Å². The van der Waals surface area contributed by atoms with Crippen LogP contribution >= 0.6 is 0 Å². The van der Waals surface area contributed by atoms with Crippen LogP contribution in [0, 0.1) is 13.7 Å². The van der Waals surface area contributed by atoms with Crippen molar-refractivity contribution in [1.82, 2.24) is 5.32 Å². The van der Waals surface area contributed by atoms with Gasteiger partial charge in [-0.3, -0.25) is 0 Å².